The fourth-order valence-corrected chi connectivity index (χ4v) is 4.86. The Bertz CT molecular complexity index is 1380. The SMILES string of the molecule is CC1CC(CNC(=O)c2noc(C3(C)CC3)n2)CCN1c1nc(-c2cnn(C)c2)cn2nccc12. The van der Waals surface area contributed by atoms with Crippen molar-refractivity contribution in [2.75, 3.05) is 18.0 Å². The number of anilines is 1. The van der Waals surface area contributed by atoms with Crippen LogP contribution in [-0.2, 0) is 12.5 Å². The maximum absolute atomic E-state index is 12.6. The fraction of sp³-hybridized carbons (Fsp3) is 0.500. The molecule has 2 atom stereocenters. The highest BCUT2D eigenvalue weighted by atomic mass is 16.5. The quantitative estimate of drug-likeness (QED) is 0.452. The Hall–Kier alpha value is -3.76. The van der Waals surface area contributed by atoms with E-state index in [-0.39, 0.29) is 23.2 Å². The highest BCUT2D eigenvalue weighted by Crippen LogP contribution is 2.46. The van der Waals surface area contributed by atoms with E-state index in [9.17, 15) is 4.79 Å². The lowest BCUT2D eigenvalue weighted by atomic mass is 9.91. The number of rotatable bonds is 6. The molecule has 182 valence electrons. The highest BCUT2D eigenvalue weighted by Gasteiger charge is 2.45. The molecular formula is C24H29N9O2. The third-order valence-electron chi connectivity index (χ3n) is 7.32. The molecule has 1 N–H and O–H groups in total. The van der Waals surface area contributed by atoms with Crippen LogP contribution >= 0.6 is 0 Å². The summed E-state index contributed by atoms with van der Waals surface area (Å²) in [7, 11) is 1.90. The van der Waals surface area contributed by atoms with E-state index in [4.69, 9.17) is 9.51 Å². The molecule has 2 aliphatic rings. The van der Waals surface area contributed by atoms with Gasteiger partial charge in [0.05, 0.1) is 24.3 Å². The molecule has 0 spiro atoms. The third-order valence-corrected chi connectivity index (χ3v) is 7.32. The van der Waals surface area contributed by atoms with E-state index in [0.29, 0.717) is 18.4 Å². The number of aromatic nitrogens is 7. The molecule has 1 saturated carbocycles. The average Bonchev–Trinajstić information content (AvgIpc) is 3.29. The van der Waals surface area contributed by atoms with Crippen molar-refractivity contribution in [3.63, 3.8) is 0 Å². The summed E-state index contributed by atoms with van der Waals surface area (Å²) in [4.78, 5) is 24.2. The van der Waals surface area contributed by atoms with Crippen LogP contribution in [0.4, 0.5) is 5.82 Å². The molecule has 1 aliphatic heterocycles. The molecule has 4 aromatic rings. The van der Waals surface area contributed by atoms with E-state index >= 15 is 0 Å². The van der Waals surface area contributed by atoms with E-state index in [1.54, 1.807) is 10.9 Å². The molecule has 0 radical (unpaired) electrons. The zero-order valence-corrected chi connectivity index (χ0v) is 20.2. The lowest BCUT2D eigenvalue weighted by Crippen LogP contribution is -2.44. The number of carbonyl (C=O) groups is 1. The van der Waals surface area contributed by atoms with Crippen molar-refractivity contribution >= 4 is 17.2 Å². The fourth-order valence-electron chi connectivity index (χ4n) is 4.86. The first kappa shape index (κ1) is 21.8. The summed E-state index contributed by atoms with van der Waals surface area (Å²) in [5, 5.41) is 15.6. The monoisotopic (exact) mass is 475 g/mol. The number of carbonyl (C=O) groups excluding carboxylic acids is 1. The maximum Gasteiger partial charge on any atom is 0.292 e. The average molecular weight is 476 g/mol. The summed E-state index contributed by atoms with van der Waals surface area (Å²) in [5.74, 6) is 1.70. The van der Waals surface area contributed by atoms with Crippen molar-refractivity contribution < 1.29 is 9.32 Å². The molecule has 4 aromatic heterocycles. The van der Waals surface area contributed by atoms with Gasteiger partial charge in [-0.15, -0.1) is 0 Å². The summed E-state index contributed by atoms with van der Waals surface area (Å²) in [5.41, 5.74) is 2.73. The number of hydrogen-bond donors (Lipinski definition) is 1. The van der Waals surface area contributed by atoms with Crippen LogP contribution in [0.1, 0.15) is 56.0 Å². The second-order valence-corrected chi connectivity index (χ2v) is 10.1. The summed E-state index contributed by atoms with van der Waals surface area (Å²) in [6.45, 7) is 5.72. The zero-order valence-electron chi connectivity index (χ0n) is 20.2. The minimum atomic E-state index is -0.272. The standard InChI is InChI=1S/C24H29N9O2/c1-15-10-16(11-25-22(34)20-29-23(35-30-20)24(2)6-7-24)5-9-32(15)21-19-4-8-26-33(19)14-18(28-21)17-12-27-31(3)13-17/h4,8,12-16H,5-7,9-11H2,1-3H3,(H,25,34). The van der Waals surface area contributed by atoms with Crippen molar-refractivity contribution in [3.05, 3.63) is 42.6 Å². The van der Waals surface area contributed by atoms with Gasteiger partial charge in [-0.3, -0.25) is 9.48 Å². The summed E-state index contributed by atoms with van der Waals surface area (Å²) in [6.07, 6.45) is 11.4. The van der Waals surface area contributed by atoms with E-state index in [1.807, 2.05) is 36.2 Å². The van der Waals surface area contributed by atoms with Crippen molar-refractivity contribution in [3.8, 4) is 11.3 Å². The molecule has 5 heterocycles. The maximum atomic E-state index is 12.6. The molecule has 1 aliphatic carbocycles. The first-order valence-corrected chi connectivity index (χ1v) is 12.1. The highest BCUT2D eigenvalue weighted by molar-refractivity contribution is 5.90. The van der Waals surface area contributed by atoms with Crippen molar-refractivity contribution in [1.29, 1.82) is 0 Å². The normalized spacial score (nSPS) is 21.4. The van der Waals surface area contributed by atoms with Crippen LogP contribution in [0.15, 0.2) is 35.4 Å². The topological polar surface area (TPSA) is 119 Å². The number of aryl methyl sites for hydroxylation is 1. The van der Waals surface area contributed by atoms with Gasteiger partial charge in [0.1, 0.15) is 5.52 Å². The van der Waals surface area contributed by atoms with Gasteiger partial charge in [0.25, 0.3) is 11.7 Å². The van der Waals surface area contributed by atoms with Gasteiger partial charge in [-0.1, -0.05) is 12.1 Å². The molecule has 0 aromatic carbocycles. The van der Waals surface area contributed by atoms with Gasteiger partial charge >= 0.3 is 0 Å². The summed E-state index contributed by atoms with van der Waals surface area (Å²) in [6, 6.07) is 2.25. The summed E-state index contributed by atoms with van der Waals surface area (Å²) < 4.78 is 8.96. The van der Waals surface area contributed by atoms with E-state index in [2.05, 4.69) is 44.4 Å². The van der Waals surface area contributed by atoms with Crippen LogP contribution in [0.2, 0.25) is 0 Å². The van der Waals surface area contributed by atoms with Crippen LogP contribution < -0.4 is 10.2 Å². The Kier molecular flexibility index (Phi) is 5.08. The Labute approximate surface area is 202 Å². The van der Waals surface area contributed by atoms with Crippen LogP contribution in [-0.4, -0.2) is 59.6 Å². The Morgan fingerprint density at radius 2 is 2.11 bits per heavy atom. The van der Waals surface area contributed by atoms with E-state index in [1.165, 1.54) is 0 Å². The number of fused-ring (bicyclic) bond motifs is 1. The Morgan fingerprint density at radius 1 is 1.26 bits per heavy atom. The number of piperidine rings is 1. The second-order valence-electron chi connectivity index (χ2n) is 10.1. The van der Waals surface area contributed by atoms with Crippen molar-refractivity contribution in [2.45, 2.75) is 51.0 Å². The van der Waals surface area contributed by atoms with Gasteiger partial charge in [-0.25, -0.2) is 9.50 Å². The summed E-state index contributed by atoms with van der Waals surface area (Å²) >= 11 is 0. The van der Waals surface area contributed by atoms with Gasteiger partial charge in [0.15, 0.2) is 5.82 Å². The Balaban J connectivity index is 1.13. The van der Waals surface area contributed by atoms with Gasteiger partial charge in [0, 0.05) is 43.4 Å². The first-order valence-electron chi connectivity index (χ1n) is 12.1. The van der Waals surface area contributed by atoms with Gasteiger partial charge < -0.3 is 14.7 Å². The lowest BCUT2D eigenvalue weighted by molar-refractivity contribution is 0.0930. The van der Waals surface area contributed by atoms with Gasteiger partial charge in [-0.2, -0.15) is 15.2 Å². The van der Waals surface area contributed by atoms with Crippen LogP contribution in [0, 0.1) is 5.92 Å². The van der Waals surface area contributed by atoms with E-state index < -0.39 is 0 Å². The second kappa shape index (κ2) is 8.17. The molecular weight excluding hydrogens is 446 g/mol. The van der Waals surface area contributed by atoms with Crippen molar-refractivity contribution in [2.24, 2.45) is 13.0 Å². The lowest BCUT2D eigenvalue weighted by Gasteiger charge is -2.38. The number of amides is 1. The number of nitrogens with one attached hydrogen (secondary N) is 1. The molecule has 2 unspecified atom stereocenters. The molecule has 11 heteroatoms. The molecule has 35 heavy (non-hydrogen) atoms. The molecule has 1 amide bonds. The number of hydrogen-bond acceptors (Lipinski definition) is 8. The molecule has 0 bridgehead atoms. The first-order chi connectivity index (χ1) is 16.9. The molecule has 2 fully saturated rings. The van der Waals surface area contributed by atoms with Gasteiger partial charge in [0.2, 0.25) is 5.89 Å². The van der Waals surface area contributed by atoms with Crippen molar-refractivity contribution in [1.82, 2.24) is 39.8 Å². The zero-order chi connectivity index (χ0) is 24.2. The molecule has 11 nitrogen and oxygen atoms in total. The van der Waals surface area contributed by atoms with Crippen LogP contribution in [0.3, 0.4) is 0 Å². The largest absolute Gasteiger partial charge is 0.352 e. The van der Waals surface area contributed by atoms with Gasteiger partial charge in [-0.05, 0) is 44.6 Å². The predicted octanol–water partition coefficient (Wildman–Crippen LogP) is 2.60. The molecule has 1 saturated heterocycles. The predicted molar refractivity (Wildman–Crippen MR) is 128 cm³/mol. The minimum Gasteiger partial charge on any atom is -0.352 e. The van der Waals surface area contributed by atoms with Crippen LogP contribution in [0.5, 0.6) is 0 Å². The minimum absolute atomic E-state index is 0.0446. The number of nitrogens with zero attached hydrogens (tertiary/aromatic N) is 8. The van der Waals surface area contributed by atoms with Crippen LogP contribution in [0.25, 0.3) is 16.8 Å². The third kappa shape index (κ3) is 4.04. The molecule has 6 rings (SSSR count). The Morgan fingerprint density at radius 3 is 2.86 bits per heavy atom. The smallest absolute Gasteiger partial charge is 0.292 e. The van der Waals surface area contributed by atoms with E-state index in [0.717, 1.165) is 54.8 Å².